The van der Waals surface area contributed by atoms with Crippen molar-refractivity contribution in [3.05, 3.63) is 25.3 Å². The molecule has 9 nitrogen and oxygen atoms in total. The molecule has 2 atom stereocenters. The number of unbranched alkanes of at least 4 members (excludes halogenated alkanes) is 2. The summed E-state index contributed by atoms with van der Waals surface area (Å²) < 4.78 is 74.3. The van der Waals surface area contributed by atoms with Gasteiger partial charge in [-0.25, -0.2) is 9.59 Å². The van der Waals surface area contributed by atoms with Gasteiger partial charge in [0.1, 0.15) is 0 Å². The van der Waals surface area contributed by atoms with Crippen molar-refractivity contribution in [3.8, 4) is 0 Å². The molecule has 0 saturated heterocycles. The molecule has 1 amide bonds. The van der Waals surface area contributed by atoms with Crippen molar-refractivity contribution in [2.75, 3.05) is 13.2 Å². The smallest absolute Gasteiger partial charge is 0.419 e. The topological polar surface area (TPSA) is 159 Å². The number of carboxylic acid groups (broad SMARTS) is 2. The third kappa shape index (κ3) is 20.5. The molecule has 15 heteroatoms. The van der Waals surface area contributed by atoms with Crippen molar-refractivity contribution in [2.24, 2.45) is 5.73 Å². The summed E-state index contributed by atoms with van der Waals surface area (Å²) in [5.41, 5.74) is 4.17. The summed E-state index contributed by atoms with van der Waals surface area (Å²) in [4.78, 5) is 30.6. The normalized spacial score (nSPS) is 12.5. The highest BCUT2D eigenvalue weighted by atomic mass is 19.4. The van der Waals surface area contributed by atoms with Gasteiger partial charge < -0.3 is 25.8 Å². The molecule has 0 radical (unpaired) electrons. The molecule has 0 heterocycles. The van der Waals surface area contributed by atoms with E-state index >= 15 is 0 Å². The molecule has 0 aliphatic rings. The number of alkyl halides is 6. The molecule has 0 aromatic carbocycles. The number of carbonyl (C=O) groups is 3. The van der Waals surface area contributed by atoms with Gasteiger partial charge in [-0.15, -0.1) is 13.2 Å². The number of rotatable bonds is 10. The Kier molecular flexibility index (Phi) is 18.8. The van der Waals surface area contributed by atoms with Crippen LogP contribution in [0.25, 0.3) is 0 Å². The third-order valence-electron chi connectivity index (χ3n) is 2.81. The molecule has 188 valence electrons. The number of carbonyl (C=O) groups excluding carboxylic acids is 1. The number of hydrogen-bond acceptors (Lipinski definition) is 6. The lowest BCUT2D eigenvalue weighted by molar-refractivity contribution is -0.179. The fourth-order valence-corrected chi connectivity index (χ4v) is 1.21. The van der Waals surface area contributed by atoms with Gasteiger partial charge in [0.25, 0.3) is 0 Å². The Morgan fingerprint density at radius 2 is 1.41 bits per heavy atom. The Hall–Kier alpha value is -2.81. The minimum absolute atomic E-state index is 0.109. The number of hydrogen-bond donors (Lipinski definition) is 5. The van der Waals surface area contributed by atoms with E-state index in [0.717, 1.165) is 12.8 Å². The number of carboxylic acids is 2. The van der Waals surface area contributed by atoms with Crippen LogP contribution in [0.15, 0.2) is 25.3 Å². The van der Waals surface area contributed by atoms with Crippen molar-refractivity contribution in [1.29, 1.82) is 0 Å². The van der Waals surface area contributed by atoms with E-state index in [4.69, 9.17) is 15.3 Å². The Bertz CT molecular complexity index is 583. The SMILES string of the molecule is C=CCCCO.C=CCCCOC(=O)N[C@H](C(=O)O)C(F)(F)F.N[C@H](C(=O)O)C(F)(F)F. The zero-order valence-corrected chi connectivity index (χ0v) is 16.8. The van der Waals surface area contributed by atoms with Crippen LogP contribution >= 0.6 is 0 Å². The standard InChI is InChI=1S/C9H12F3NO4.C5H10O.C3H4F3NO2/c1-2-3-4-5-17-8(16)13-6(7(14)15)9(10,11)12;1-2-3-4-5-6;4-3(5,6)1(7)2(8)9/h2,6H,1,3-5H2,(H,13,16)(H,14,15);2,6H,1,3-5H2;1H,7H2,(H,8,9)/t6-;;1-/m1.1/s1. The Morgan fingerprint density at radius 1 is 0.938 bits per heavy atom. The van der Waals surface area contributed by atoms with Gasteiger partial charge in [0.2, 0.25) is 6.04 Å². The number of allylic oxidation sites excluding steroid dienone is 2. The highest BCUT2D eigenvalue weighted by Crippen LogP contribution is 2.20. The predicted octanol–water partition coefficient (Wildman–Crippen LogP) is 2.60. The highest BCUT2D eigenvalue weighted by molar-refractivity contribution is 5.80. The first-order chi connectivity index (χ1) is 14.6. The molecule has 0 spiro atoms. The molecule has 0 aromatic heterocycles. The quantitative estimate of drug-likeness (QED) is 0.180. The maximum Gasteiger partial charge on any atom is 0.419 e. The summed E-state index contributed by atoms with van der Waals surface area (Å²) in [5, 5.41) is 25.3. The number of alkyl carbamates (subject to hydrolysis) is 1. The van der Waals surface area contributed by atoms with Crippen molar-refractivity contribution in [1.82, 2.24) is 5.32 Å². The van der Waals surface area contributed by atoms with Crippen molar-refractivity contribution in [3.63, 3.8) is 0 Å². The van der Waals surface area contributed by atoms with Crippen LogP contribution in [0.1, 0.15) is 25.7 Å². The van der Waals surface area contributed by atoms with E-state index in [9.17, 15) is 40.7 Å². The number of nitrogens with two attached hydrogens (primary N) is 1. The zero-order chi connectivity index (χ0) is 26.0. The van der Waals surface area contributed by atoms with E-state index in [2.05, 4.69) is 23.6 Å². The average molecular weight is 484 g/mol. The van der Waals surface area contributed by atoms with Gasteiger partial charge in [-0.2, -0.15) is 26.3 Å². The van der Waals surface area contributed by atoms with Crippen LogP contribution in [0.5, 0.6) is 0 Å². The van der Waals surface area contributed by atoms with Crippen LogP contribution in [-0.4, -0.2) is 71.0 Å². The van der Waals surface area contributed by atoms with Gasteiger partial charge in [-0.1, -0.05) is 12.2 Å². The van der Waals surface area contributed by atoms with E-state index in [1.807, 2.05) is 0 Å². The Balaban J connectivity index is -0.000000466. The number of nitrogens with one attached hydrogen (secondary N) is 1. The van der Waals surface area contributed by atoms with E-state index in [-0.39, 0.29) is 13.2 Å². The van der Waals surface area contributed by atoms with Gasteiger partial charge in [0, 0.05) is 6.61 Å². The lowest BCUT2D eigenvalue weighted by Crippen LogP contribution is -2.50. The minimum atomic E-state index is -5.06. The molecule has 0 fully saturated rings. The second-order valence-electron chi connectivity index (χ2n) is 5.54. The number of aliphatic hydroxyl groups excluding tert-OH is 1. The first kappa shape index (κ1) is 33.8. The maximum absolute atomic E-state index is 12.1. The molecule has 0 unspecified atom stereocenters. The number of aliphatic carboxylic acids is 2. The molecule has 6 N–H and O–H groups in total. The second-order valence-corrected chi connectivity index (χ2v) is 5.54. The van der Waals surface area contributed by atoms with Crippen LogP contribution in [0.3, 0.4) is 0 Å². The first-order valence-electron chi connectivity index (χ1n) is 8.66. The van der Waals surface area contributed by atoms with Crippen molar-refractivity contribution < 1.29 is 60.8 Å². The van der Waals surface area contributed by atoms with Crippen LogP contribution in [0, 0.1) is 0 Å². The number of ether oxygens (including phenoxy) is 1. The number of amides is 1. The van der Waals surface area contributed by atoms with E-state index < -0.39 is 42.5 Å². The van der Waals surface area contributed by atoms with E-state index in [1.54, 1.807) is 12.2 Å². The average Bonchev–Trinajstić information content (AvgIpc) is 2.66. The van der Waals surface area contributed by atoms with Crippen LogP contribution < -0.4 is 11.1 Å². The molecule has 0 aliphatic heterocycles. The number of aliphatic hydroxyl groups is 1. The molecule has 0 aliphatic carbocycles. The third-order valence-corrected chi connectivity index (χ3v) is 2.81. The summed E-state index contributed by atoms with van der Waals surface area (Å²) in [6, 6.07) is -5.73. The summed E-state index contributed by atoms with van der Waals surface area (Å²) in [5.74, 6) is -4.26. The molecule has 0 saturated carbocycles. The van der Waals surface area contributed by atoms with Crippen molar-refractivity contribution >= 4 is 18.0 Å². The van der Waals surface area contributed by atoms with Crippen LogP contribution in [0.2, 0.25) is 0 Å². The summed E-state index contributed by atoms with van der Waals surface area (Å²) >= 11 is 0. The maximum atomic E-state index is 12.1. The molecule has 32 heavy (non-hydrogen) atoms. The van der Waals surface area contributed by atoms with Crippen LogP contribution in [0.4, 0.5) is 31.1 Å². The summed E-state index contributed by atoms with van der Waals surface area (Å²) in [6.07, 6.45) is -5.25. The Morgan fingerprint density at radius 3 is 1.66 bits per heavy atom. The molecule has 0 aromatic rings. The van der Waals surface area contributed by atoms with Gasteiger partial charge in [-0.3, -0.25) is 10.1 Å². The lowest BCUT2D eigenvalue weighted by Gasteiger charge is -2.17. The molecule has 0 rings (SSSR count). The lowest BCUT2D eigenvalue weighted by atomic mass is 10.3. The Labute approximate surface area is 179 Å². The first-order valence-corrected chi connectivity index (χ1v) is 8.66. The fourth-order valence-electron chi connectivity index (χ4n) is 1.21. The fraction of sp³-hybridized carbons (Fsp3) is 0.588. The monoisotopic (exact) mass is 484 g/mol. The second kappa shape index (κ2) is 17.8. The highest BCUT2D eigenvalue weighted by Gasteiger charge is 2.46. The van der Waals surface area contributed by atoms with Gasteiger partial charge >= 0.3 is 30.4 Å². The predicted molar refractivity (Wildman–Crippen MR) is 99.6 cm³/mol. The minimum Gasteiger partial charge on any atom is -0.480 e. The zero-order valence-electron chi connectivity index (χ0n) is 16.8. The summed E-state index contributed by atoms with van der Waals surface area (Å²) in [6.45, 7) is 7.06. The van der Waals surface area contributed by atoms with Crippen molar-refractivity contribution in [2.45, 2.75) is 50.1 Å². The molecule has 0 bridgehead atoms. The molecular formula is C17H26F6N2O7. The van der Waals surface area contributed by atoms with Gasteiger partial charge in [0.05, 0.1) is 6.61 Å². The van der Waals surface area contributed by atoms with Crippen LogP contribution in [-0.2, 0) is 14.3 Å². The summed E-state index contributed by atoms with van der Waals surface area (Å²) in [7, 11) is 0. The van der Waals surface area contributed by atoms with E-state index in [0.29, 0.717) is 12.8 Å². The van der Waals surface area contributed by atoms with E-state index in [1.165, 1.54) is 5.32 Å². The number of halogens is 6. The van der Waals surface area contributed by atoms with Gasteiger partial charge in [-0.05, 0) is 25.7 Å². The largest absolute Gasteiger partial charge is 0.480 e. The van der Waals surface area contributed by atoms with Gasteiger partial charge in [0.15, 0.2) is 6.04 Å². The molecular weight excluding hydrogens is 458 g/mol.